The fourth-order valence-electron chi connectivity index (χ4n) is 4.24. The van der Waals surface area contributed by atoms with Crippen molar-refractivity contribution in [3.8, 4) is 0 Å². The molecule has 1 atom stereocenters. The Morgan fingerprint density at radius 2 is 1.60 bits per heavy atom. The number of likely N-dealkylation sites (tertiary alicyclic amines) is 1. The number of fused-ring (bicyclic) bond motifs is 1. The van der Waals surface area contributed by atoms with Crippen LogP contribution in [0.25, 0.3) is 10.8 Å². The molecule has 0 aliphatic carbocycles. The van der Waals surface area contributed by atoms with Crippen LogP contribution in [0.3, 0.4) is 0 Å². The third-order valence-electron chi connectivity index (χ3n) is 6.03. The van der Waals surface area contributed by atoms with Crippen molar-refractivity contribution in [3.63, 3.8) is 0 Å². The summed E-state index contributed by atoms with van der Waals surface area (Å²) in [6, 6.07) is 24.0. The first-order chi connectivity index (χ1) is 14.6. The molecule has 0 spiro atoms. The van der Waals surface area contributed by atoms with E-state index in [1.54, 1.807) is 0 Å². The number of Topliss-reactive ketones (excluding diaryl/α,β-unsaturated/α-hetero) is 1. The molecule has 1 amide bonds. The van der Waals surface area contributed by atoms with Gasteiger partial charge in [-0.25, -0.2) is 0 Å². The summed E-state index contributed by atoms with van der Waals surface area (Å²) >= 11 is 0. The smallest absolute Gasteiger partial charge is 0.234 e. The van der Waals surface area contributed by atoms with Gasteiger partial charge in [0, 0.05) is 11.5 Å². The van der Waals surface area contributed by atoms with Crippen molar-refractivity contribution in [1.29, 1.82) is 0 Å². The van der Waals surface area contributed by atoms with Gasteiger partial charge in [0.2, 0.25) is 5.91 Å². The molecule has 4 heteroatoms. The lowest BCUT2D eigenvalue weighted by atomic mass is 9.89. The number of piperidine rings is 1. The summed E-state index contributed by atoms with van der Waals surface area (Å²) in [5, 5.41) is 5.50. The van der Waals surface area contributed by atoms with Crippen LogP contribution in [0.5, 0.6) is 0 Å². The zero-order valence-corrected chi connectivity index (χ0v) is 17.4. The van der Waals surface area contributed by atoms with Crippen molar-refractivity contribution in [2.45, 2.75) is 25.8 Å². The molecule has 3 aromatic rings. The number of nitrogens with zero attached hydrogens (tertiary/aromatic N) is 1. The minimum atomic E-state index is -0.0423. The normalized spacial score (nSPS) is 16.3. The van der Waals surface area contributed by atoms with Crippen LogP contribution in [-0.4, -0.2) is 36.2 Å². The number of rotatable bonds is 6. The van der Waals surface area contributed by atoms with E-state index in [9.17, 15) is 9.59 Å². The maximum Gasteiger partial charge on any atom is 0.234 e. The Morgan fingerprint density at radius 3 is 2.33 bits per heavy atom. The summed E-state index contributed by atoms with van der Waals surface area (Å²) in [5.74, 6) is 0.316. The number of nitrogens with one attached hydrogen (secondary N) is 1. The highest BCUT2D eigenvalue weighted by molar-refractivity contribution is 5.97. The Hall–Kier alpha value is -2.98. The highest BCUT2D eigenvalue weighted by Gasteiger charge is 2.26. The molecule has 1 fully saturated rings. The summed E-state index contributed by atoms with van der Waals surface area (Å²) in [5.41, 5.74) is 1.90. The fourth-order valence-corrected chi connectivity index (χ4v) is 4.24. The second-order valence-electron chi connectivity index (χ2n) is 8.18. The average molecular weight is 401 g/mol. The molecule has 4 rings (SSSR count). The molecule has 0 bridgehead atoms. The number of carbonyl (C=O) groups is 2. The van der Waals surface area contributed by atoms with Gasteiger partial charge in [0.25, 0.3) is 0 Å². The van der Waals surface area contributed by atoms with E-state index >= 15 is 0 Å². The second kappa shape index (κ2) is 9.23. The van der Waals surface area contributed by atoms with Crippen molar-refractivity contribution in [3.05, 3.63) is 83.9 Å². The van der Waals surface area contributed by atoms with Gasteiger partial charge in [0.15, 0.2) is 5.78 Å². The molecule has 1 unspecified atom stereocenters. The standard InChI is InChI=1S/C26H28N2O2/c1-19(23-12-11-20-7-5-6-10-24(20)17-23)27-25(29)18-28-15-13-22(14-16-28)26(30)21-8-3-2-4-9-21/h2-12,17,19,22H,13-16,18H2,1H3,(H,27,29). The van der Waals surface area contributed by atoms with E-state index in [-0.39, 0.29) is 23.7 Å². The maximum atomic E-state index is 12.6. The molecule has 30 heavy (non-hydrogen) atoms. The van der Waals surface area contributed by atoms with Crippen LogP contribution in [0, 0.1) is 5.92 Å². The quantitative estimate of drug-likeness (QED) is 0.615. The number of carbonyl (C=O) groups excluding carboxylic acids is 2. The Labute approximate surface area is 177 Å². The van der Waals surface area contributed by atoms with Gasteiger partial charge in [-0.1, -0.05) is 66.7 Å². The van der Waals surface area contributed by atoms with Crippen LogP contribution in [0.1, 0.15) is 41.7 Å². The van der Waals surface area contributed by atoms with Crippen molar-refractivity contribution in [2.24, 2.45) is 5.92 Å². The lowest BCUT2D eigenvalue weighted by molar-refractivity contribution is -0.123. The minimum absolute atomic E-state index is 0.0310. The molecule has 1 heterocycles. The van der Waals surface area contributed by atoms with Crippen LogP contribution >= 0.6 is 0 Å². The first kappa shape index (κ1) is 20.3. The summed E-state index contributed by atoms with van der Waals surface area (Å²) in [7, 11) is 0. The number of ketones is 1. The molecule has 154 valence electrons. The zero-order chi connectivity index (χ0) is 20.9. The molecule has 0 aromatic heterocycles. The van der Waals surface area contributed by atoms with Gasteiger partial charge in [0.1, 0.15) is 0 Å². The number of benzene rings is 3. The van der Waals surface area contributed by atoms with Gasteiger partial charge in [-0.3, -0.25) is 14.5 Å². The molecule has 1 aliphatic rings. The Morgan fingerprint density at radius 1 is 0.933 bits per heavy atom. The highest BCUT2D eigenvalue weighted by atomic mass is 16.2. The van der Waals surface area contributed by atoms with E-state index in [4.69, 9.17) is 0 Å². The van der Waals surface area contributed by atoms with Gasteiger partial charge >= 0.3 is 0 Å². The molecule has 0 saturated carbocycles. The monoisotopic (exact) mass is 400 g/mol. The Balaban J connectivity index is 1.27. The molecule has 4 nitrogen and oxygen atoms in total. The lowest BCUT2D eigenvalue weighted by Gasteiger charge is -2.31. The SMILES string of the molecule is CC(NC(=O)CN1CCC(C(=O)c2ccccc2)CC1)c1ccc2ccccc2c1. The molecule has 3 aromatic carbocycles. The van der Waals surface area contributed by atoms with Gasteiger partial charge in [-0.2, -0.15) is 0 Å². The third kappa shape index (κ3) is 4.77. The highest BCUT2D eigenvalue weighted by Crippen LogP contribution is 2.22. The number of amides is 1. The van der Waals surface area contributed by atoms with Crippen LogP contribution in [0.4, 0.5) is 0 Å². The predicted molar refractivity (Wildman–Crippen MR) is 120 cm³/mol. The maximum absolute atomic E-state index is 12.6. The van der Waals surface area contributed by atoms with Crippen molar-refractivity contribution < 1.29 is 9.59 Å². The fraction of sp³-hybridized carbons (Fsp3) is 0.308. The zero-order valence-electron chi connectivity index (χ0n) is 17.4. The summed E-state index contributed by atoms with van der Waals surface area (Å²) in [6.07, 6.45) is 1.61. The Bertz CT molecular complexity index is 1020. The Kier molecular flexibility index (Phi) is 6.24. The number of hydrogen-bond donors (Lipinski definition) is 1. The number of hydrogen-bond acceptors (Lipinski definition) is 3. The van der Waals surface area contributed by atoms with Crippen LogP contribution in [-0.2, 0) is 4.79 Å². The first-order valence-corrected chi connectivity index (χ1v) is 10.7. The van der Waals surface area contributed by atoms with Gasteiger partial charge < -0.3 is 5.32 Å². The molecule has 1 aliphatic heterocycles. The van der Waals surface area contributed by atoms with Crippen LogP contribution < -0.4 is 5.32 Å². The van der Waals surface area contributed by atoms with E-state index in [0.717, 1.165) is 37.1 Å². The van der Waals surface area contributed by atoms with E-state index in [1.165, 1.54) is 10.8 Å². The lowest BCUT2D eigenvalue weighted by Crippen LogP contribution is -2.43. The van der Waals surface area contributed by atoms with Crippen molar-refractivity contribution >= 4 is 22.5 Å². The summed E-state index contributed by atoms with van der Waals surface area (Å²) < 4.78 is 0. The van der Waals surface area contributed by atoms with E-state index in [2.05, 4.69) is 40.5 Å². The average Bonchev–Trinajstić information content (AvgIpc) is 2.79. The van der Waals surface area contributed by atoms with Crippen LogP contribution in [0.15, 0.2) is 72.8 Å². The van der Waals surface area contributed by atoms with Gasteiger partial charge in [-0.05, 0) is 55.3 Å². The molecular weight excluding hydrogens is 372 g/mol. The van der Waals surface area contributed by atoms with E-state index in [1.807, 2.05) is 49.4 Å². The van der Waals surface area contributed by atoms with Crippen LogP contribution in [0.2, 0.25) is 0 Å². The van der Waals surface area contributed by atoms with Crippen molar-refractivity contribution in [2.75, 3.05) is 19.6 Å². The predicted octanol–water partition coefficient (Wildman–Crippen LogP) is 4.61. The topological polar surface area (TPSA) is 49.4 Å². The third-order valence-corrected chi connectivity index (χ3v) is 6.03. The van der Waals surface area contributed by atoms with Crippen molar-refractivity contribution in [1.82, 2.24) is 10.2 Å². The molecule has 0 radical (unpaired) electrons. The van der Waals surface area contributed by atoms with Gasteiger partial charge in [0.05, 0.1) is 12.6 Å². The summed E-state index contributed by atoms with van der Waals surface area (Å²) in [4.78, 5) is 27.4. The second-order valence-corrected chi connectivity index (χ2v) is 8.18. The largest absolute Gasteiger partial charge is 0.348 e. The van der Waals surface area contributed by atoms with E-state index in [0.29, 0.717) is 6.54 Å². The molecular formula is C26H28N2O2. The summed E-state index contributed by atoms with van der Waals surface area (Å²) in [6.45, 7) is 3.96. The van der Waals surface area contributed by atoms with Gasteiger partial charge in [-0.15, -0.1) is 0 Å². The first-order valence-electron chi connectivity index (χ1n) is 10.7. The molecule has 1 N–H and O–H groups in total. The van der Waals surface area contributed by atoms with E-state index < -0.39 is 0 Å². The molecule has 1 saturated heterocycles. The minimum Gasteiger partial charge on any atom is -0.348 e.